The van der Waals surface area contributed by atoms with Gasteiger partial charge in [0.15, 0.2) is 0 Å². The van der Waals surface area contributed by atoms with Crippen molar-refractivity contribution >= 4 is 23.3 Å². The molecule has 2 heterocycles. The SMILES string of the molecule is COC(=O)c1sccc1-c1ccn(CC(=O)OC(C)(C)C)n1. The van der Waals surface area contributed by atoms with Crippen LogP contribution >= 0.6 is 11.3 Å². The molecule has 2 rings (SSSR count). The summed E-state index contributed by atoms with van der Waals surface area (Å²) >= 11 is 1.29. The van der Waals surface area contributed by atoms with E-state index in [1.54, 1.807) is 23.7 Å². The molecule has 0 atom stereocenters. The monoisotopic (exact) mass is 322 g/mol. The first-order valence-corrected chi connectivity index (χ1v) is 7.59. The molecule has 0 unspecified atom stereocenters. The molecule has 0 fully saturated rings. The highest BCUT2D eigenvalue weighted by Crippen LogP contribution is 2.27. The molecule has 0 saturated carbocycles. The number of carbonyl (C=O) groups excluding carboxylic acids is 2. The zero-order chi connectivity index (χ0) is 16.3. The lowest BCUT2D eigenvalue weighted by atomic mass is 10.2. The summed E-state index contributed by atoms with van der Waals surface area (Å²) in [6.07, 6.45) is 1.68. The topological polar surface area (TPSA) is 70.4 Å². The molecule has 7 heteroatoms. The maximum Gasteiger partial charge on any atom is 0.348 e. The molecule has 6 nitrogen and oxygen atoms in total. The lowest BCUT2D eigenvalue weighted by molar-refractivity contribution is -0.155. The average Bonchev–Trinajstić information content (AvgIpc) is 3.03. The second-order valence-corrected chi connectivity index (χ2v) is 6.56. The third kappa shape index (κ3) is 3.94. The van der Waals surface area contributed by atoms with Crippen LogP contribution in [0.4, 0.5) is 0 Å². The molecule has 22 heavy (non-hydrogen) atoms. The van der Waals surface area contributed by atoms with Crippen molar-refractivity contribution in [3.63, 3.8) is 0 Å². The van der Waals surface area contributed by atoms with E-state index in [0.717, 1.165) is 0 Å². The average molecular weight is 322 g/mol. The van der Waals surface area contributed by atoms with Gasteiger partial charge in [-0.05, 0) is 38.3 Å². The molecule has 0 amide bonds. The van der Waals surface area contributed by atoms with Gasteiger partial charge in [0.25, 0.3) is 0 Å². The fourth-order valence-electron chi connectivity index (χ4n) is 1.86. The van der Waals surface area contributed by atoms with Crippen LogP contribution in [0.15, 0.2) is 23.7 Å². The minimum atomic E-state index is -0.529. The van der Waals surface area contributed by atoms with Gasteiger partial charge in [-0.3, -0.25) is 9.48 Å². The molecule has 0 bridgehead atoms. The van der Waals surface area contributed by atoms with Crippen LogP contribution in [0.2, 0.25) is 0 Å². The summed E-state index contributed by atoms with van der Waals surface area (Å²) in [6, 6.07) is 3.55. The first-order valence-electron chi connectivity index (χ1n) is 6.71. The van der Waals surface area contributed by atoms with E-state index in [9.17, 15) is 9.59 Å². The zero-order valence-electron chi connectivity index (χ0n) is 13.0. The third-order valence-corrected chi connectivity index (χ3v) is 3.56. The second kappa shape index (κ2) is 6.31. The molecule has 0 radical (unpaired) electrons. The molecule has 0 spiro atoms. The predicted octanol–water partition coefficient (Wildman–Crippen LogP) is 2.74. The minimum absolute atomic E-state index is 0.0228. The molecule has 0 aliphatic heterocycles. The van der Waals surface area contributed by atoms with E-state index in [1.165, 1.54) is 23.1 Å². The van der Waals surface area contributed by atoms with Crippen LogP contribution in [0, 0.1) is 0 Å². The molecule has 0 aromatic carbocycles. The number of rotatable bonds is 4. The number of aromatic nitrogens is 2. The normalized spacial score (nSPS) is 11.3. The van der Waals surface area contributed by atoms with Crippen LogP contribution < -0.4 is 0 Å². The lowest BCUT2D eigenvalue weighted by Gasteiger charge is -2.19. The van der Waals surface area contributed by atoms with E-state index in [4.69, 9.17) is 9.47 Å². The fourth-order valence-corrected chi connectivity index (χ4v) is 2.68. The van der Waals surface area contributed by atoms with E-state index in [-0.39, 0.29) is 12.5 Å². The number of nitrogens with zero attached hydrogens (tertiary/aromatic N) is 2. The van der Waals surface area contributed by atoms with Gasteiger partial charge in [-0.1, -0.05) is 0 Å². The Morgan fingerprint density at radius 3 is 2.68 bits per heavy atom. The van der Waals surface area contributed by atoms with Gasteiger partial charge in [0.1, 0.15) is 17.0 Å². The van der Waals surface area contributed by atoms with E-state index >= 15 is 0 Å². The van der Waals surface area contributed by atoms with Crippen LogP contribution in [-0.2, 0) is 20.8 Å². The molecule has 2 aromatic rings. The number of methoxy groups -OCH3 is 1. The smallest absolute Gasteiger partial charge is 0.348 e. The van der Waals surface area contributed by atoms with E-state index in [2.05, 4.69) is 5.10 Å². The van der Waals surface area contributed by atoms with Crippen molar-refractivity contribution in [2.24, 2.45) is 0 Å². The van der Waals surface area contributed by atoms with Crippen molar-refractivity contribution in [2.75, 3.05) is 7.11 Å². The van der Waals surface area contributed by atoms with Crippen molar-refractivity contribution in [1.82, 2.24) is 9.78 Å². The van der Waals surface area contributed by atoms with Crippen molar-refractivity contribution < 1.29 is 19.1 Å². The summed E-state index contributed by atoms with van der Waals surface area (Å²) < 4.78 is 11.5. The van der Waals surface area contributed by atoms with Gasteiger partial charge in [0.05, 0.1) is 12.8 Å². The Balaban J connectivity index is 2.14. The second-order valence-electron chi connectivity index (χ2n) is 5.64. The van der Waals surface area contributed by atoms with Gasteiger partial charge in [0.2, 0.25) is 0 Å². The molecule has 0 aliphatic carbocycles. The summed E-state index contributed by atoms with van der Waals surface area (Å²) in [4.78, 5) is 24.0. The maximum absolute atomic E-state index is 11.8. The minimum Gasteiger partial charge on any atom is -0.465 e. The zero-order valence-corrected chi connectivity index (χ0v) is 13.8. The quantitative estimate of drug-likeness (QED) is 0.810. The van der Waals surface area contributed by atoms with Gasteiger partial charge in [-0.25, -0.2) is 4.79 Å². The number of hydrogen-bond donors (Lipinski definition) is 0. The highest BCUT2D eigenvalue weighted by atomic mass is 32.1. The predicted molar refractivity (Wildman–Crippen MR) is 82.7 cm³/mol. The Hall–Kier alpha value is -2.15. The Morgan fingerprint density at radius 1 is 1.32 bits per heavy atom. The highest BCUT2D eigenvalue weighted by molar-refractivity contribution is 7.12. The van der Waals surface area contributed by atoms with Crippen molar-refractivity contribution in [1.29, 1.82) is 0 Å². The number of ether oxygens (including phenoxy) is 2. The van der Waals surface area contributed by atoms with E-state index in [0.29, 0.717) is 16.1 Å². The molecule has 118 valence electrons. The molecular weight excluding hydrogens is 304 g/mol. The first kappa shape index (κ1) is 16.2. The van der Waals surface area contributed by atoms with Crippen LogP contribution in [0.25, 0.3) is 11.3 Å². The Kier molecular flexibility index (Phi) is 4.65. The lowest BCUT2D eigenvalue weighted by Crippen LogP contribution is -2.26. The fraction of sp³-hybridized carbons (Fsp3) is 0.400. The molecule has 0 saturated heterocycles. The van der Waals surface area contributed by atoms with E-state index < -0.39 is 11.6 Å². The number of carbonyl (C=O) groups is 2. The summed E-state index contributed by atoms with van der Waals surface area (Å²) in [5.74, 6) is -0.757. The highest BCUT2D eigenvalue weighted by Gasteiger charge is 2.19. The van der Waals surface area contributed by atoms with E-state index in [1.807, 2.05) is 20.8 Å². The molecule has 2 aromatic heterocycles. The Morgan fingerprint density at radius 2 is 2.05 bits per heavy atom. The third-order valence-electron chi connectivity index (χ3n) is 2.66. The molecular formula is C15H18N2O4S. The van der Waals surface area contributed by atoms with Crippen molar-refractivity contribution in [3.05, 3.63) is 28.6 Å². The van der Waals surface area contributed by atoms with Crippen LogP contribution in [0.3, 0.4) is 0 Å². The molecule has 0 aliphatic rings. The van der Waals surface area contributed by atoms with Gasteiger partial charge < -0.3 is 9.47 Å². The van der Waals surface area contributed by atoms with Gasteiger partial charge in [0, 0.05) is 11.8 Å². The van der Waals surface area contributed by atoms with Crippen LogP contribution in [0.1, 0.15) is 30.4 Å². The maximum atomic E-state index is 11.8. The van der Waals surface area contributed by atoms with Crippen LogP contribution in [-0.4, -0.2) is 34.4 Å². The summed E-state index contributed by atoms with van der Waals surface area (Å²) in [6.45, 7) is 5.46. The number of esters is 2. The standard InChI is InChI=1S/C15H18N2O4S/c1-15(2,3)21-12(18)9-17-7-5-11(16-17)10-6-8-22-13(10)14(19)20-4/h5-8H,9H2,1-4H3. The largest absolute Gasteiger partial charge is 0.465 e. The summed E-state index contributed by atoms with van der Waals surface area (Å²) in [5, 5.41) is 6.11. The number of hydrogen-bond acceptors (Lipinski definition) is 6. The number of thiophene rings is 1. The van der Waals surface area contributed by atoms with Crippen LogP contribution in [0.5, 0.6) is 0 Å². The first-order chi connectivity index (χ1) is 10.3. The van der Waals surface area contributed by atoms with Gasteiger partial charge in [-0.15, -0.1) is 11.3 Å². The summed E-state index contributed by atoms with van der Waals surface area (Å²) in [7, 11) is 1.34. The van der Waals surface area contributed by atoms with Gasteiger partial charge >= 0.3 is 11.9 Å². The summed E-state index contributed by atoms with van der Waals surface area (Å²) in [5.41, 5.74) is 0.781. The molecule has 0 N–H and O–H groups in total. The Labute approximate surface area is 132 Å². The van der Waals surface area contributed by atoms with Crippen molar-refractivity contribution in [2.45, 2.75) is 32.9 Å². The van der Waals surface area contributed by atoms with Crippen molar-refractivity contribution in [3.8, 4) is 11.3 Å². The Bertz CT molecular complexity index is 682. The van der Waals surface area contributed by atoms with Gasteiger partial charge in [-0.2, -0.15) is 5.10 Å².